The van der Waals surface area contributed by atoms with Crippen LogP contribution in [0.3, 0.4) is 0 Å². The summed E-state index contributed by atoms with van der Waals surface area (Å²) in [6.45, 7) is 0. The summed E-state index contributed by atoms with van der Waals surface area (Å²) in [4.78, 5) is 0.868. The van der Waals surface area contributed by atoms with E-state index in [1.54, 1.807) is 19.2 Å². The van der Waals surface area contributed by atoms with E-state index >= 15 is 0 Å². The van der Waals surface area contributed by atoms with E-state index in [0.717, 1.165) is 10.9 Å². The van der Waals surface area contributed by atoms with Gasteiger partial charge in [-0.25, -0.2) is 0 Å². The highest BCUT2D eigenvalue weighted by Gasteiger charge is 2.33. The molecule has 1 aromatic carbocycles. The molecule has 2 rings (SSSR count). The molecule has 0 aliphatic carbocycles. The Morgan fingerprint density at radius 3 is 2.45 bits per heavy atom. The van der Waals surface area contributed by atoms with E-state index in [9.17, 15) is 13.2 Å². The fourth-order valence-corrected chi connectivity index (χ4v) is 3.57. The number of nitrogens with one attached hydrogen (secondary N) is 1. The normalized spacial score (nSPS) is 13.5. The Kier molecular flexibility index (Phi) is 4.79. The Hall–Kier alpha value is -0.560. The van der Waals surface area contributed by atoms with Crippen molar-refractivity contribution in [1.82, 2.24) is 5.32 Å². The molecule has 108 valence electrons. The second-order valence-electron chi connectivity index (χ2n) is 4.10. The molecule has 0 bridgehead atoms. The van der Waals surface area contributed by atoms with Crippen LogP contribution in [0, 0.1) is 0 Å². The van der Waals surface area contributed by atoms with Crippen LogP contribution >= 0.6 is 38.9 Å². The van der Waals surface area contributed by atoms with Gasteiger partial charge in [-0.3, -0.25) is 0 Å². The summed E-state index contributed by atoms with van der Waals surface area (Å²) >= 11 is 10.2. The highest BCUT2D eigenvalue weighted by molar-refractivity contribution is 9.10. The molecule has 1 heterocycles. The van der Waals surface area contributed by atoms with Gasteiger partial charge in [-0.05, 0) is 36.9 Å². The van der Waals surface area contributed by atoms with Gasteiger partial charge in [0.1, 0.15) is 0 Å². The quantitative estimate of drug-likeness (QED) is 0.737. The predicted molar refractivity (Wildman–Crippen MR) is 79.4 cm³/mol. The number of alkyl halides is 3. The van der Waals surface area contributed by atoms with Crippen LogP contribution in [-0.2, 0) is 6.18 Å². The molecule has 0 saturated heterocycles. The molecule has 0 amide bonds. The van der Waals surface area contributed by atoms with Crippen LogP contribution in [0.4, 0.5) is 13.2 Å². The number of benzene rings is 1. The second kappa shape index (κ2) is 6.05. The molecular weight excluding hydrogens is 375 g/mol. The first-order chi connectivity index (χ1) is 9.32. The molecule has 0 fully saturated rings. The van der Waals surface area contributed by atoms with Crippen molar-refractivity contribution in [2.24, 2.45) is 0 Å². The molecule has 0 radical (unpaired) electrons. The molecule has 20 heavy (non-hydrogen) atoms. The van der Waals surface area contributed by atoms with E-state index in [2.05, 4.69) is 21.2 Å². The Morgan fingerprint density at radius 1 is 1.25 bits per heavy atom. The third kappa shape index (κ3) is 3.36. The van der Waals surface area contributed by atoms with Gasteiger partial charge in [0.05, 0.1) is 15.9 Å². The minimum Gasteiger partial charge on any atom is -0.309 e. The molecule has 1 nitrogen and oxygen atoms in total. The summed E-state index contributed by atoms with van der Waals surface area (Å²) in [7, 11) is 1.70. The Balaban J connectivity index is 2.46. The number of hydrogen-bond acceptors (Lipinski definition) is 2. The molecule has 2 aromatic rings. The maximum Gasteiger partial charge on any atom is 0.417 e. The molecule has 1 unspecified atom stereocenters. The first kappa shape index (κ1) is 15.8. The van der Waals surface area contributed by atoms with Crippen molar-refractivity contribution in [1.29, 1.82) is 0 Å². The summed E-state index contributed by atoms with van der Waals surface area (Å²) < 4.78 is 39.4. The lowest BCUT2D eigenvalue weighted by Crippen LogP contribution is -2.17. The van der Waals surface area contributed by atoms with E-state index in [1.165, 1.54) is 17.4 Å². The standard InChI is InChI=1S/C13H10BrClF3NS/c1-19-12(10-4-5-11(15)20-10)7-2-3-9(14)8(6-7)13(16,17)18/h2-6,12,19H,1H3. The van der Waals surface area contributed by atoms with Gasteiger partial charge in [0.15, 0.2) is 0 Å². The second-order valence-corrected chi connectivity index (χ2v) is 6.70. The zero-order valence-electron chi connectivity index (χ0n) is 10.3. The number of thiophene rings is 1. The number of hydrogen-bond donors (Lipinski definition) is 1. The largest absolute Gasteiger partial charge is 0.417 e. The van der Waals surface area contributed by atoms with E-state index < -0.39 is 11.7 Å². The van der Waals surface area contributed by atoms with E-state index in [1.807, 2.05) is 6.07 Å². The topological polar surface area (TPSA) is 12.0 Å². The SMILES string of the molecule is CNC(c1ccc(Br)c(C(F)(F)F)c1)c1ccc(Cl)s1. The van der Waals surface area contributed by atoms with Crippen LogP contribution in [0.1, 0.15) is 22.0 Å². The molecule has 1 atom stereocenters. The van der Waals surface area contributed by atoms with Crippen LogP contribution < -0.4 is 5.32 Å². The van der Waals surface area contributed by atoms with E-state index in [4.69, 9.17) is 11.6 Å². The summed E-state index contributed by atoms with van der Waals surface area (Å²) in [5.41, 5.74) is -0.139. The predicted octanol–water partition coefficient (Wildman–Crippen LogP) is 5.49. The fraction of sp³-hybridized carbons (Fsp3) is 0.231. The summed E-state index contributed by atoms with van der Waals surface area (Å²) in [6.07, 6.45) is -4.39. The summed E-state index contributed by atoms with van der Waals surface area (Å²) in [6, 6.07) is 7.45. The molecular formula is C13H10BrClF3NS. The third-order valence-corrected chi connectivity index (χ3v) is 4.78. The fourth-order valence-electron chi connectivity index (χ4n) is 1.90. The van der Waals surface area contributed by atoms with Gasteiger partial charge >= 0.3 is 6.18 Å². The number of halogens is 5. The molecule has 0 aliphatic heterocycles. The van der Waals surface area contributed by atoms with Crippen molar-refractivity contribution in [3.8, 4) is 0 Å². The first-order valence-electron chi connectivity index (χ1n) is 5.62. The monoisotopic (exact) mass is 383 g/mol. The maximum absolute atomic E-state index is 12.9. The van der Waals surface area contributed by atoms with Crippen LogP contribution in [-0.4, -0.2) is 7.05 Å². The molecule has 0 saturated carbocycles. The Labute approximate surface area is 131 Å². The average molecular weight is 385 g/mol. The zero-order valence-corrected chi connectivity index (χ0v) is 13.4. The van der Waals surface area contributed by atoms with E-state index in [0.29, 0.717) is 9.90 Å². The Morgan fingerprint density at radius 2 is 1.95 bits per heavy atom. The van der Waals surface area contributed by atoms with Gasteiger partial charge in [-0.15, -0.1) is 11.3 Å². The van der Waals surface area contributed by atoms with Crippen LogP contribution in [0.2, 0.25) is 4.34 Å². The molecule has 7 heteroatoms. The van der Waals surface area contributed by atoms with E-state index in [-0.39, 0.29) is 10.5 Å². The van der Waals surface area contributed by atoms with Crippen LogP contribution in [0.15, 0.2) is 34.8 Å². The lowest BCUT2D eigenvalue weighted by atomic mass is 10.0. The minimum atomic E-state index is -4.39. The smallest absolute Gasteiger partial charge is 0.309 e. The Bertz CT molecular complexity index is 612. The highest BCUT2D eigenvalue weighted by Crippen LogP contribution is 2.38. The van der Waals surface area contributed by atoms with Gasteiger partial charge < -0.3 is 5.32 Å². The summed E-state index contributed by atoms with van der Waals surface area (Å²) in [5, 5.41) is 3.02. The first-order valence-corrected chi connectivity index (χ1v) is 7.61. The third-order valence-electron chi connectivity index (χ3n) is 2.80. The van der Waals surface area contributed by atoms with Crippen molar-refractivity contribution in [3.05, 3.63) is 55.1 Å². The van der Waals surface area contributed by atoms with Crippen LogP contribution in [0.5, 0.6) is 0 Å². The molecule has 0 spiro atoms. The van der Waals surface area contributed by atoms with Crippen molar-refractivity contribution in [3.63, 3.8) is 0 Å². The summed E-state index contributed by atoms with van der Waals surface area (Å²) in [5.74, 6) is 0. The highest BCUT2D eigenvalue weighted by atomic mass is 79.9. The van der Waals surface area contributed by atoms with Gasteiger partial charge in [0, 0.05) is 9.35 Å². The zero-order chi connectivity index (χ0) is 14.9. The lowest BCUT2D eigenvalue weighted by Gasteiger charge is -2.18. The van der Waals surface area contributed by atoms with Crippen molar-refractivity contribution in [2.75, 3.05) is 7.05 Å². The van der Waals surface area contributed by atoms with Crippen molar-refractivity contribution >= 4 is 38.9 Å². The maximum atomic E-state index is 12.9. The van der Waals surface area contributed by atoms with Crippen molar-refractivity contribution < 1.29 is 13.2 Å². The lowest BCUT2D eigenvalue weighted by molar-refractivity contribution is -0.138. The van der Waals surface area contributed by atoms with Gasteiger partial charge in [-0.1, -0.05) is 33.6 Å². The molecule has 0 aliphatic rings. The van der Waals surface area contributed by atoms with Gasteiger partial charge in [0.2, 0.25) is 0 Å². The molecule has 1 N–H and O–H groups in total. The van der Waals surface area contributed by atoms with Crippen molar-refractivity contribution in [2.45, 2.75) is 12.2 Å². The van der Waals surface area contributed by atoms with Gasteiger partial charge in [0.25, 0.3) is 0 Å². The molecule has 1 aromatic heterocycles. The number of rotatable bonds is 3. The van der Waals surface area contributed by atoms with Crippen LogP contribution in [0.25, 0.3) is 0 Å². The minimum absolute atomic E-state index is 0.0350. The average Bonchev–Trinajstić information content (AvgIpc) is 2.77. The van der Waals surface area contributed by atoms with Gasteiger partial charge in [-0.2, -0.15) is 13.2 Å².